The molecular weight excluding hydrogens is 1330 g/mol. The van der Waals surface area contributed by atoms with E-state index in [0.29, 0.717) is 162 Å². The number of aryl methyl sites for hydroxylation is 1. The van der Waals surface area contributed by atoms with Crippen molar-refractivity contribution in [1.29, 1.82) is 0 Å². The maximum atomic E-state index is 14.0. The fraction of sp³-hybridized carbons (Fsp3) is 0.754. The van der Waals surface area contributed by atoms with Gasteiger partial charge in [0.2, 0.25) is 17.7 Å². The van der Waals surface area contributed by atoms with Crippen molar-refractivity contribution >= 4 is 53.0 Å². The number of esters is 1. The van der Waals surface area contributed by atoms with E-state index in [2.05, 4.69) is 10.6 Å². The molecule has 0 unspecified atom stereocenters. The monoisotopic (exact) mass is 1440 g/mol. The van der Waals surface area contributed by atoms with Crippen molar-refractivity contribution in [2.75, 3.05) is 185 Å². The number of aliphatic hydroxyl groups excluding tert-OH is 3. The summed E-state index contributed by atoms with van der Waals surface area (Å²) in [4.78, 5) is 121. The lowest BCUT2D eigenvalue weighted by molar-refractivity contribution is -0.228. The SMILES string of the molecule is COCCOCCOCCOCCOCCOCCOCCOCCOCCOCCOCCOCCOCCC(=O)NC[C@@H]1C[C@@H](N2C(=O)C=CC2=O)C(=O)N1CC(=O)C[C@H](C(=O)N[C@@H](C)C(=O)Cc1ccc(COC(=O)C(C)(C)C)c(CC[C@@H]2O[C@H](C(=O)O)[C@@H](O)[C@H](O)[C@H]2O)c1)C(C)C. The van der Waals surface area contributed by atoms with Crippen LogP contribution in [0.25, 0.3) is 0 Å². The molecule has 32 heteroatoms. The average molecular weight is 1440 g/mol. The maximum Gasteiger partial charge on any atom is 0.335 e. The van der Waals surface area contributed by atoms with Crippen LogP contribution in [0.1, 0.15) is 83.9 Å². The number of Topliss-reactive ketones (excluding diaryl/α,β-unsaturated/α-hetero) is 2. The summed E-state index contributed by atoms with van der Waals surface area (Å²) in [7, 11) is 1.63. The zero-order valence-electron chi connectivity index (χ0n) is 59.7. The number of likely N-dealkylation sites (tertiary alicyclic amines) is 1. The maximum absolute atomic E-state index is 14.0. The van der Waals surface area contributed by atoms with Gasteiger partial charge in [-0.05, 0) is 69.6 Å². The van der Waals surface area contributed by atoms with Gasteiger partial charge in [-0.3, -0.25) is 43.3 Å². The Morgan fingerprint density at radius 1 is 0.614 bits per heavy atom. The second-order valence-electron chi connectivity index (χ2n) is 25.5. The van der Waals surface area contributed by atoms with Gasteiger partial charge in [-0.15, -0.1) is 0 Å². The summed E-state index contributed by atoms with van der Waals surface area (Å²) in [6.07, 6.45) is -6.88. The number of methoxy groups -OCH3 is 1. The van der Waals surface area contributed by atoms with Gasteiger partial charge in [-0.25, -0.2) is 4.79 Å². The first kappa shape index (κ1) is 87.5. The molecule has 9 atom stereocenters. The minimum absolute atomic E-state index is 0.0421. The standard InChI is InChI=1S/C69H110N4O28/c1-47(2)54(65(82)71-48(3)56(75)41-49-8-9-51(46-100-68(86)69(4,5)6)50(40-49)10-11-57-61(79)62(80)63(81)64(101-57)67(84)85)43-53(74)45-72-52(42-55(66(72)83)73-59(77)12-13-60(73)78)44-70-58(76)14-15-88-18-19-90-22-23-92-26-27-94-30-31-96-34-35-98-38-39-99-37-36-97-33-32-95-29-28-93-25-24-91-21-20-89-17-16-87-7/h8-9,12-13,40,47-48,52,54-55,57,61-64,79-81H,10-11,14-39,41-46H2,1-7H3,(H,70,76)(H,71,82)(H,84,85)/t48-,52-,54-,55+,57-,61-,62+,63-,64-/m0/s1. The van der Waals surface area contributed by atoms with Crippen molar-refractivity contribution in [3.63, 3.8) is 0 Å². The minimum Gasteiger partial charge on any atom is -0.479 e. The molecule has 2 saturated heterocycles. The molecule has 1 aromatic carbocycles. The Balaban J connectivity index is 1.07. The summed E-state index contributed by atoms with van der Waals surface area (Å²) in [5, 5.41) is 46.3. The number of carbonyl (C=O) groups is 9. The van der Waals surface area contributed by atoms with E-state index in [0.717, 1.165) is 17.1 Å². The molecule has 2 fully saturated rings. The highest BCUT2D eigenvalue weighted by molar-refractivity contribution is 6.15. The van der Waals surface area contributed by atoms with Crippen molar-refractivity contribution in [1.82, 2.24) is 20.4 Å². The molecule has 5 amide bonds. The molecule has 0 saturated carbocycles. The number of carboxylic acid groups (broad SMARTS) is 1. The second-order valence-corrected chi connectivity index (χ2v) is 25.5. The lowest BCUT2D eigenvalue weighted by atomic mass is 9.89. The van der Waals surface area contributed by atoms with E-state index >= 15 is 0 Å². The predicted molar refractivity (Wildman–Crippen MR) is 357 cm³/mol. The van der Waals surface area contributed by atoms with Gasteiger partial charge in [0.05, 0.1) is 195 Å². The normalized spacial score (nSPS) is 19.9. The van der Waals surface area contributed by atoms with Crippen molar-refractivity contribution in [3.05, 3.63) is 47.0 Å². The van der Waals surface area contributed by atoms with Crippen LogP contribution in [0.2, 0.25) is 0 Å². The highest BCUT2D eigenvalue weighted by Crippen LogP contribution is 2.29. The van der Waals surface area contributed by atoms with Crippen LogP contribution >= 0.6 is 0 Å². The summed E-state index contributed by atoms with van der Waals surface area (Å²) < 4.78 is 81.8. The minimum atomic E-state index is -1.88. The first-order chi connectivity index (χ1) is 48.4. The first-order valence-electron chi connectivity index (χ1n) is 34.5. The molecule has 3 heterocycles. The van der Waals surface area contributed by atoms with Crippen LogP contribution in [0.4, 0.5) is 0 Å². The Labute approximate surface area is 591 Å². The Morgan fingerprint density at radius 3 is 1.50 bits per heavy atom. The third-order valence-electron chi connectivity index (χ3n) is 16.2. The zero-order chi connectivity index (χ0) is 74.0. The Morgan fingerprint density at radius 2 is 1.07 bits per heavy atom. The van der Waals surface area contributed by atoms with E-state index in [1.165, 1.54) is 11.8 Å². The highest BCUT2D eigenvalue weighted by Gasteiger charge is 2.48. The molecule has 3 aliphatic rings. The molecule has 6 N–H and O–H groups in total. The third-order valence-corrected chi connectivity index (χ3v) is 16.2. The van der Waals surface area contributed by atoms with Crippen LogP contribution in [0, 0.1) is 17.3 Å². The van der Waals surface area contributed by atoms with E-state index in [-0.39, 0.29) is 71.5 Å². The number of nitrogens with zero attached hydrogens (tertiary/aromatic N) is 2. The number of hydrogen-bond acceptors (Lipinski definition) is 27. The van der Waals surface area contributed by atoms with Crippen LogP contribution in [-0.4, -0.2) is 317 Å². The molecule has 1 aromatic rings. The smallest absolute Gasteiger partial charge is 0.335 e. The molecule has 0 aromatic heterocycles. The predicted octanol–water partition coefficient (Wildman–Crippen LogP) is -0.263. The topological polar surface area (TPSA) is 404 Å². The van der Waals surface area contributed by atoms with Gasteiger partial charge < -0.3 is 107 Å². The van der Waals surface area contributed by atoms with Gasteiger partial charge in [-0.1, -0.05) is 32.0 Å². The zero-order valence-corrected chi connectivity index (χ0v) is 59.7. The Kier molecular flexibility index (Phi) is 43.1. The summed E-state index contributed by atoms with van der Waals surface area (Å²) in [5.74, 6) is -7.50. The molecule has 0 spiro atoms. The molecule has 574 valence electrons. The number of hydrogen-bond donors (Lipinski definition) is 6. The van der Waals surface area contributed by atoms with Crippen LogP contribution in [0.5, 0.6) is 0 Å². The van der Waals surface area contributed by atoms with Crippen LogP contribution in [-0.2, 0) is 134 Å². The second kappa shape index (κ2) is 49.7. The van der Waals surface area contributed by atoms with E-state index in [4.69, 9.17) is 71.1 Å². The average Bonchev–Trinajstić information content (AvgIpc) is 1.65. The number of carbonyl (C=O) groups excluding carboxylic acids is 8. The Bertz CT molecular complexity index is 2660. The lowest BCUT2D eigenvalue weighted by Crippen LogP contribution is -2.59. The van der Waals surface area contributed by atoms with Gasteiger partial charge in [0.25, 0.3) is 11.8 Å². The number of ketones is 2. The number of ether oxygens (including phenoxy) is 15. The van der Waals surface area contributed by atoms with E-state index in [1.807, 2.05) is 0 Å². The third kappa shape index (κ3) is 34.1. The van der Waals surface area contributed by atoms with E-state index in [1.54, 1.807) is 59.9 Å². The van der Waals surface area contributed by atoms with Gasteiger partial charge in [-0.2, -0.15) is 0 Å². The van der Waals surface area contributed by atoms with Gasteiger partial charge in [0, 0.05) is 51.0 Å². The number of benzene rings is 1. The van der Waals surface area contributed by atoms with E-state index < -0.39 is 125 Å². The molecule has 32 nitrogen and oxygen atoms in total. The molecule has 0 radical (unpaired) electrons. The lowest BCUT2D eigenvalue weighted by Gasteiger charge is -2.39. The Hall–Kier alpha value is -5.89. The largest absolute Gasteiger partial charge is 0.479 e. The summed E-state index contributed by atoms with van der Waals surface area (Å²) in [6, 6.07) is 1.83. The molecule has 0 bridgehead atoms. The van der Waals surface area contributed by atoms with Crippen molar-refractivity contribution in [3.8, 4) is 0 Å². The van der Waals surface area contributed by atoms with E-state index in [9.17, 15) is 63.6 Å². The van der Waals surface area contributed by atoms with Gasteiger partial charge in [0.15, 0.2) is 17.7 Å². The number of nitrogens with one attached hydrogen (secondary N) is 2. The molecule has 0 aliphatic carbocycles. The number of aliphatic carboxylic acids is 1. The molecule has 4 rings (SSSR count). The quantitative estimate of drug-likeness (QED) is 0.0278. The highest BCUT2D eigenvalue weighted by atomic mass is 16.6. The summed E-state index contributed by atoms with van der Waals surface area (Å²) >= 11 is 0. The summed E-state index contributed by atoms with van der Waals surface area (Å²) in [5.41, 5.74) is 0.740. The number of imide groups is 1. The van der Waals surface area contributed by atoms with Gasteiger partial charge in [0.1, 0.15) is 31.0 Å². The number of carboxylic acids is 1. The fourth-order valence-electron chi connectivity index (χ4n) is 10.4. The first-order valence-corrected chi connectivity index (χ1v) is 34.5. The molecule has 101 heavy (non-hydrogen) atoms. The fourth-order valence-corrected chi connectivity index (χ4v) is 10.4. The number of amides is 5. The van der Waals surface area contributed by atoms with Crippen molar-refractivity contribution < 1.29 is 135 Å². The van der Waals surface area contributed by atoms with Crippen molar-refractivity contribution in [2.24, 2.45) is 17.3 Å². The summed E-state index contributed by atoms with van der Waals surface area (Å²) in [6.45, 7) is 19.5. The van der Waals surface area contributed by atoms with Gasteiger partial charge >= 0.3 is 11.9 Å². The number of aliphatic hydroxyl groups is 3. The molecular formula is C69H110N4O28. The number of rotatable bonds is 58. The molecule has 3 aliphatic heterocycles. The van der Waals surface area contributed by atoms with Crippen LogP contribution < -0.4 is 10.6 Å². The van der Waals surface area contributed by atoms with Crippen LogP contribution in [0.3, 0.4) is 0 Å². The van der Waals surface area contributed by atoms with Crippen molar-refractivity contribution in [2.45, 2.75) is 135 Å². The van der Waals surface area contributed by atoms with Crippen LogP contribution in [0.15, 0.2) is 30.4 Å².